The summed E-state index contributed by atoms with van der Waals surface area (Å²) in [5, 5.41) is 4.18. The number of aromatic nitrogens is 2. The van der Waals surface area contributed by atoms with Crippen molar-refractivity contribution < 1.29 is 4.74 Å². The van der Waals surface area contributed by atoms with Gasteiger partial charge in [0.05, 0.1) is 18.8 Å². The van der Waals surface area contributed by atoms with Crippen molar-refractivity contribution in [1.29, 1.82) is 0 Å². The maximum atomic E-state index is 5.83. The molecule has 0 saturated carbocycles. The van der Waals surface area contributed by atoms with Crippen LogP contribution in [0.4, 0.5) is 5.69 Å². The number of para-hydroxylation sites is 1. The molecule has 4 aromatic rings. The van der Waals surface area contributed by atoms with Crippen LogP contribution >= 0.6 is 12.2 Å². The molecule has 6 heteroatoms. The number of thiocarbonyl (C=S) groups is 1. The van der Waals surface area contributed by atoms with E-state index in [1.165, 1.54) is 0 Å². The van der Waals surface area contributed by atoms with Crippen LogP contribution in [0.2, 0.25) is 0 Å². The molecule has 1 aliphatic rings. The number of anilines is 1. The fourth-order valence-electron chi connectivity index (χ4n) is 4.15. The predicted molar refractivity (Wildman–Crippen MR) is 127 cm³/mol. The van der Waals surface area contributed by atoms with Gasteiger partial charge in [-0.3, -0.25) is 4.98 Å². The van der Waals surface area contributed by atoms with Gasteiger partial charge in [-0.1, -0.05) is 30.3 Å². The Bertz CT molecular complexity index is 1190. The Balaban J connectivity index is 1.67. The highest BCUT2D eigenvalue weighted by Crippen LogP contribution is 2.42. The second-order valence-electron chi connectivity index (χ2n) is 7.34. The highest BCUT2D eigenvalue weighted by Gasteiger charge is 2.42. The van der Waals surface area contributed by atoms with Gasteiger partial charge < -0.3 is 19.5 Å². The number of nitrogens with zero attached hydrogens (tertiary/aromatic N) is 3. The minimum atomic E-state index is -0.0998. The normalized spacial score (nSPS) is 18.1. The Labute approximate surface area is 186 Å². The summed E-state index contributed by atoms with van der Waals surface area (Å²) in [6.07, 6.45) is 3.91. The lowest BCUT2D eigenvalue weighted by Gasteiger charge is -2.29. The van der Waals surface area contributed by atoms with Crippen LogP contribution in [0.15, 0.2) is 97.3 Å². The van der Waals surface area contributed by atoms with Gasteiger partial charge in [-0.2, -0.15) is 0 Å². The van der Waals surface area contributed by atoms with Gasteiger partial charge in [0, 0.05) is 35.5 Å². The molecule has 3 heterocycles. The quantitative estimate of drug-likeness (QED) is 0.452. The van der Waals surface area contributed by atoms with Gasteiger partial charge in [-0.25, -0.2) is 0 Å². The monoisotopic (exact) mass is 426 g/mol. The van der Waals surface area contributed by atoms with E-state index in [1.54, 1.807) is 7.11 Å². The molecule has 1 aliphatic heterocycles. The van der Waals surface area contributed by atoms with Crippen LogP contribution in [-0.2, 0) is 0 Å². The molecule has 5 nitrogen and oxygen atoms in total. The minimum Gasteiger partial charge on any atom is -0.497 e. The molecule has 2 aromatic heterocycles. The maximum Gasteiger partial charge on any atom is 0.174 e. The fraction of sp³-hybridized carbons (Fsp3) is 0.120. The molecule has 0 spiro atoms. The third kappa shape index (κ3) is 3.55. The van der Waals surface area contributed by atoms with E-state index in [9.17, 15) is 0 Å². The fourth-order valence-corrected chi connectivity index (χ4v) is 4.50. The number of methoxy groups -OCH3 is 1. The van der Waals surface area contributed by atoms with Crippen LogP contribution in [0.25, 0.3) is 5.69 Å². The third-order valence-corrected chi connectivity index (χ3v) is 5.86. The number of benzene rings is 2. The van der Waals surface area contributed by atoms with E-state index >= 15 is 0 Å². The Morgan fingerprint density at radius 1 is 0.903 bits per heavy atom. The first-order valence-electron chi connectivity index (χ1n) is 10.1. The Kier molecular flexibility index (Phi) is 5.14. The van der Waals surface area contributed by atoms with Crippen molar-refractivity contribution >= 4 is 23.0 Å². The molecule has 1 saturated heterocycles. The Morgan fingerprint density at radius 3 is 2.48 bits per heavy atom. The number of hydrogen-bond donors (Lipinski definition) is 1. The average Bonchev–Trinajstić information content (AvgIpc) is 3.44. The molecule has 0 unspecified atom stereocenters. The number of hydrogen-bond acceptors (Lipinski definition) is 3. The lowest BCUT2D eigenvalue weighted by molar-refractivity contribution is 0.414. The maximum absolute atomic E-state index is 5.83. The Hall–Kier alpha value is -3.64. The molecular weight excluding hydrogens is 404 g/mol. The summed E-state index contributed by atoms with van der Waals surface area (Å²) in [4.78, 5) is 6.80. The second-order valence-corrected chi connectivity index (χ2v) is 7.72. The third-order valence-electron chi connectivity index (χ3n) is 5.55. The minimum absolute atomic E-state index is 0.0929. The first-order valence-corrected chi connectivity index (χ1v) is 10.5. The topological polar surface area (TPSA) is 42.3 Å². The molecule has 0 amide bonds. The van der Waals surface area contributed by atoms with Crippen molar-refractivity contribution in [2.24, 2.45) is 0 Å². The number of nitrogens with one attached hydrogen (secondary N) is 1. The van der Waals surface area contributed by atoms with Gasteiger partial charge in [0.15, 0.2) is 5.11 Å². The van der Waals surface area contributed by atoms with Crippen molar-refractivity contribution in [3.63, 3.8) is 0 Å². The van der Waals surface area contributed by atoms with Crippen molar-refractivity contribution in [3.05, 3.63) is 109 Å². The largest absolute Gasteiger partial charge is 0.497 e. The van der Waals surface area contributed by atoms with Crippen molar-refractivity contribution in [2.75, 3.05) is 12.0 Å². The SMILES string of the molecule is COc1cccc(N2C(=S)N[C@@H](c3ccccn3)[C@@H]2c2cccn2-c2ccccc2)c1. The van der Waals surface area contributed by atoms with Crippen LogP contribution in [-0.4, -0.2) is 21.8 Å². The molecule has 1 fully saturated rings. The molecular formula is C25H22N4OS. The summed E-state index contributed by atoms with van der Waals surface area (Å²) in [5.41, 5.74) is 4.14. The van der Waals surface area contributed by atoms with E-state index in [-0.39, 0.29) is 12.1 Å². The molecule has 0 aliphatic carbocycles. The van der Waals surface area contributed by atoms with Gasteiger partial charge in [-0.15, -0.1) is 0 Å². The van der Waals surface area contributed by atoms with Crippen molar-refractivity contribution in [3.8, 4) is 11.4 Å². The van der Waals surface area contributed by atoms with Gasteiger partial charge in [0.25, 0.3) is 0 Å². The first-order chi connectivity index (χ1) is 15.3. The molecule has 2 atom stereocenters. The number of rotatable bonds is 5. The summed E-state index contributed by atoms with van der Waals surface area (Å²) in [6.45, 7) is 0. The van der Waals surface area contributed by atoms with Gasteiger partial charge >= 0.3 is 0 Å². The average molecular weight is 427 g/mol. The lowest BCUT2D eigenvalue weighted by atomic mass is 10.0. The smallest absolute Gasteiger partial charge is 0.174 e. The van der Waals surface area contributed by atoms with Gasteiger partial charge in [-0.05, 0) is 60.7 Å². The molecule has 154 valence electrons. The van der Waals surface area contributed by atoms with Crippen LogP contribution in [0.3, 0.4) is 0 Å². The number of ether oxygens (including phenoxy) is 1. The van der Waals surface area contributed by atoms with Crippen LogP contribution in [0.5, 0.6) is 5.75 Å². The van der Waals surface area contributed by atoms with Crippen molar-refractivity contribution in [1.82, 2.24) is 14.9 Å². The van der Waals surface area contributed by atoms with E-state index in [1.807, 2.05) is 60.8 Å². The van der Waals surface area contributed by atoms with Crippen LogP contribution < -0.4 is 15.0 Å². The van der Waals surface area contributed by atoms with Crippen LogP contribution in [0, 0.1) is 0 Å². The summed E-state index contributed by atoms with van der Waals surface area (Å²) in [7, 11) is 1.67. The molecule has 5 rings (SSSR count). The second kappa shape index (κ2) is 8.24. The summed E-state index contributed by atoms with van der Waals surface area (Å²) in [6, 6.07) is 28.3. The van der Waals surface area contributed by atoms with Crippen LogP contribution in [0.1, 0.15) is 23.5 Å². The molecule has 2 aromatic carbocycles. The Morgan fingerprint density at radius 2 is 1.71 bits per heavy atom. The first kappa shape index (κ1) is 19.3. The zero-order chi connectivity index (χ0) is 21.2. The predicted octanol–water partition coefficient (Wildman–Crippen LogP) is 5.06. The molecule has 1 N–H and O–H groups in total. The zero-order valence-electron chi connectivity index (χ0n) is 17.1. The summed E-state index contributed by atoms with van der Waals surface area (Å²) in [5.74, 6) is 0.791. The standard InChI is InChI=1S/C25H22N4OS/c1-30-20-12-7-11-19(17-20)29-24(23(27-25(29)31)21-13-5-6-15-26-21)22-14-8-16-28(22)18-9-3-2-4-10-18/h2-17,23-24H,1H3,(H,27,31)/t23-,24-/m0/s1. The van der Waals surface area contributed by atoms with Gasteiger partial charge in [0.1, 0.15) is 11.8 Å². The molecule has 0 radical (unpaired) electrons. The van der Waals surface area contributed by atoms with E-state index in [0.29, 0.717) is 5.11 Å². The molecule has 0 bridgehead atoms. The van der Waals surface area contributed by atoms with E-state index < -0.39 is 0 Å². The highest BCUT2D eigenvalue weighted by molar-refractivity contribution is 7.80. The lowest BCUT2D eigenvalue weighted by Crippen LogP contribution is -2.30. The highest BCUT2D eigenvalue weighted by atomic mass is 32.1. The number of pyridine rings is 1. The van der Waals surface area contributed by atoms with E-state index in [0.717, 1.165) is 28.5 Å². The van der Waals surface area contributed by atoms with Crippen molar-refractivity contribution in [2.45, 2.75) is 12.1 Å². The summed E-state index contributed by atoms with van der Waals surface area (Å²) >= 11 is 5.83. The molecule has 31 heavy (non-hydrogen) atoms. The summed E-state index contributed by atoms with van der Waals surface area (Å²) < 4.78 is 7.68. The zero-order valence-corrected chi connectivity index (χ0v) is 17.9. The van der Waals surface area contributed by atoms with E-state index in [4.69, 9.17) is 17.0 Å². The van der Waals surface area contributed by atoms with Gasteiger partial charge in [0.2, 0.25) is 0 Å². The van der Waals surface area contributed by atoms with E-state index in [2.05, 4.69) is 56.3 Å².